The lowest BCUT2D eigenvalue weighted by molar-refractivity contribution is 0.103. The molecule has 0 fully saturated rings. The molecule has 2 aromatic carbocycles. The van der Waals surface area contributed by atoms with Crippen molar-refractivity contribution < 1.29 is 9.18 Å². The molecule has 0 aromatic heterocycles. The van der Waals surface area contributed by atoms with Gasteiger partial charge in [0.05, 0.1) is 5.02 Å². The third-order valence-corrected chi connectivity index (χ3v) is 3.41. The maximum absolute atomic E-state index is 13.0. The van der Waals surface area contributed by atoms with Crippen LogP contribution in [0.25, 0.3) is 0 Å². The van der Waals surface area contributed by atoms with E-state index in [0.29, 0.717) is 21.7 Å². The first kappa shape index (κ1) is 13.2. The van der Waals surface area contributed by atoms with Crippen LogP contribution in [0.2, 0.25) is 5.02 Å². The Bertz CT molecular complexity index is 572. The van der Waals surface area contributed by atoms with Crippen molar-refractivity contribution in [2.24, 2.45) is 0 Å². The number of aryl methyl sites for hydroxylation is 1. The molecule has 2 aromatic rings. The Labute approximate surface area is 118 Å². The lowest BCUT2D eigenvalue weighted by atomic mass is 9.99. The van der Waals surface area contributed by atoms with Crippen molar-refractivity contribution in [2.45, 2.75) is 6.92 Å². The molecule has 0 N–H and O–H groups in total. The number of ketones is 1. The average Bonchev–Trinajstić information content (AvgIpc) is 2.28. The Morgan fingerprint density at radius 3 is 2.44 bits per heavy atom. The smallest absolute Gasteiger partial charge is 0.194 e. The van der Waals surface area contributed by atoms with E-state index in [2.05, 4.69) is 15.9 Å². The van der Waals surface area contributed by atoms with Gasteiger partial charge in [-0.3, -0.25) is 4.79 Å². The summed E-state index contributed by atoms with van der Waals surface area (Å²) in [6.07, 6.45) is 0. The lowest BCUT2D eigenvalue weighted by Crippen LogP contribution is -2.04. The molecule has 0 saturated carbocycles. The van der Waals surface area contributed by atoms with Gasteiger partial charge in [-0.1, -0.05) is 27.5 Å². The van der Waals surface area contributed by atoms with Crippen LogP contribution in [0.15, 0.2) is 40.9 Å². The number of carbonyl (C=O) groups excluding carboxylic acids is 1. The first-order valence-corrected chi connectivity index (χ1v) is 6.42. The maximum Gasteiger partial charge on any atom is 0.194 e. The Kier molecular flexibility index (Phi) is 3.83. The van der Waals surface area contributed by atoms with Crippen LogP contribution in [-0.2, 0) is 0 Å². The molecule has 18 heavy (non-hydrogen) atoms. The van der Waals surface area contributed by atoms with Gasteiger partial charge < -0.3 is 0 Å². The van der Waals surface area contributed by atoms with Gasteiger partial charge >= 0.3 is 0 Å². The Morgan fingerprint density at radius 2 is 1.83 bits per heavy atom. The van der Waals surface area contributed by atoms with E-state index in [1.165, 1.54) is 18.2 Å². The number of rotatable bonds is 2. The molecule has 1 nitrogen and oxygen atoms in total. The van der Waals surface area contributed by atoms with Crippen LogP contribution in [0.5, 0.6) is 0 Å². The van der Waals surface area contributed by atoms with E-state index in [4.69, 9.17) is 11.6 Å². The van der Waals surface area contributed by atoms with Gasteiger partial charge in [-0.15, -0.1) is 0 Å². The number of halogens is 3. The summed E-state index contributed by atoms with van der Waals surface area (Å²) in [5, 5.41) is 0.373. The molecular formula is C14H9BrClFO. The SMILES string of the molecule is Cc1cc(F)ccc1C(=O)c1ccc(Br)cc1Cl. The first-order chi connectivity index (χ1) is 8.49. The number of hydrogen-bond donors (Lipinski definition) is 0. The molecule has 0 unspecified atom stereocenters. The van der Waals surface area contributed by atoms with Gasteiger partial charge in [0.2, 0.25) is 0 Å². The Balaban J connectivity index is 2.48. The quantitative estimate of drug-likeness (QED) is 0.725. The Hall–Kier alpha value is -1.19. The zero-order valence-electron chi connectivity index (χ0n) is 9.51. The van der Waals surface area contributed by atoms with Crippen molar-refractivity contribution in [1.82, 2.24) is 0 Å². The molecule has 0 bridgehead atoms. The third-order valence-electron chi connectivity index (χ3n) is 2.61. The maximum atomic E-state index is 13.0. The monoisotopic (exact) mass is 326 g/mol. The summed E-state index contributed by atoms with van der Waals surface area (Å²) >= 11 is 9.31. The van der Waals surface area contributed by atoms with Gasteiger partial charge in [-0.2, -0.15) is 0 Å². The van der Waals surface area contributed by atoms with Crippen molar-refractivity contribution in [3.05, 3.63) is 68.4 Å². The van der Waals surface area contributed by atoms with E-state index in [9.17, 15) is 9.18 Å². The second kappa shape index (κ2) is 5.21. The summed E-state index contributed by atoms with van der Waals surface area (Å²) in [5.41, 5.74) is 1.47. The average molecular weight is 328 g/mol. The fourth-order valence-electron chi connectivity index (χ4n) is 1.70. The minimum atomic E-state index is -0.356. The normalized spacial score (nSPS) is 10.4. The molecule has 0 saturated heterocycles. The second-order valence-electron chi connectivity index (χ2n) is 3.91. The molecule has 0 radical (unpaired) electrons. The standard InChI is InChI=1S/C14H9BrClFO/c1-8-6-10(17)3-5-11(8)14(18)12-4-2-9(15)7-13(12)16/h2-7H,1H3. The molecule has 0 aliphatic carbocycles. The molecular weight excluding hydrogens is 319 g/mol. The van der Waals surface area contributed by atoms with Crippen LogP contribution >= 0.6 is 27.5 Å². The lowest BCUT2D eigenvalue weighted by Gasteiger charge is -2.07. The summed E-state index contributed by atoms with van der Waals surface area (Å²) in [6.45, 7) is 1.70. The van der Waals surface area contributed by atoms with Gasteiger partial charge in [0.1, 0.15) is 5.82 Å². The van der Waals surface area contributed by atoms with E-state index >= 15 is 0 Å². The molecule has 0 aliphatic heterocycles. The molecule has 4 heteroatoms. The summed E-state index contributed by atoms with van der Waals surface area (Å²) < 4.78 is 13.8. The molecule has 0 amide bonds. The van der Waals surface area contributed by atoms with Crippen LogP contribution in [0, 0.1) is 12.7 Å². The van der Waals surface area contributed by atoms with Gasteiger partial charge in [0, 0.05) is 15.6 Å². The fraction of sp³-hybridized carbons (Fsp3) is 0.0714. The minimum absolute atomic E-state index is 0.204. The van der Waals surface area contributed by atoms with Crippen molar-refractivity contribution in [1.29, 1.82) is 0 Å². The highest BCUT2D eigenvalue weighted by Crippen LogP contribution is 2.25. The van der Waals surface area contributed by atoms with Crippen molar-refractivity contribution >= 4 is 33.3 Å². The van der Waals surface area contributed by atoms with Crippen LogP contribution in [0.3, 0.4) is 0 Å². The number of carbonyl (C=O) groups is 1. The van der Waals surface area contributed by atoms with E-state index in [1.807, 2.05) is 0 Å². The van der Waals surface area contributed by atoms with Crippen LogP contribution < -0.4 is 0 Å². The van der Waals surface area contributed by atoms with Crippen molar-refractivity contribution in [3.8, 4) is 0 Å². The zero-order chi connectivity index (χ0) is 13.3. The Morgan fingerprint density at radius 1 is 1.17 bits per heavy atom. The molecule has 92 valence electrons. The fourth-order valence-corrected chi connectivity index (χ4v) is 2.46. The predicted molar refractivity (Wildman–Crippen MR) is 73.7 cm³/mol. The van der Waals surface area contributed by atoms with E-state index in [1.54, 1.807) is 25.1 Å². The molecule has 2 rings (SSSR count). The van der Waals surface area contributed by atoms with Crippen LogP contribution in [0.1, 0.15) is 21.5 Å². The van der Waals surface area contributed by atoms with E-state index in [0.717, 1.165) is 4.47 Å². The van der Waals surface area contributed by atoms with Crippen LogP contribution in [-0.4, -0.2) is 5.78 Å². The van der Waals surface area contributed by atoms with Gasteiger partial charge in [0.15, 0.2) is 5.78 Å². The summed E-state index contributed by atoms with van der Waals surface area (Å²) in [5.74, 6) is -0.559. The highest BCUT2D eigenvalue weighted by Gasteiger charge is 2.15. The summed E-state index contributed by atoms with van der Waals surface area (Å²) in [7, 11) is 0. The van der Waals surface area contributed by atoms with Gasteiger partial charge in [0.25, 0.3) is 0 Å². The summed E-state index contributed by atoms with van der Waals surface area (Å²) in [6, 6.07) is 9.14. The van der Waals surface area contributed by atoms with E-state index < -0.39 is 0 Å². The molecule has 0 heterocycles. The van der Waals surface area contributed by atoms with E-state index in [-0.39, 0.29) is 11.6 Å². The third kappa shape index (κ3) is 2.62. The number of benzene rings is 2. The zero-order valence-corrected chi connectivity index (χ0v) is 11.8. The number of hydrogen-bond acceptors (Lipinski definition) is 1. The largest absolute Gasteiger partial charge is 0.289 e. The summed E-state index contributed by atoms with van der Waals surface area (Å²) in [4.78, 5) is 12.3. The first-order valence-electron chi connectivity index (χ1n) is 5.25. The van der Waals surface area contributed by atoms with Gasteiger partial charge in [-0.05, 0) is 48.9 Å². The highest BCUT2D eigenvalue weighted by molar-refractivity contribution is 9.10. The predicted octanol–water partition coefficient (Wildman–Crippen LogP) is 4.78. The van der Waals surface area contributed by atoms with Crippen LogP contribution in [0.4, 0.5) is 4.39 Å². The van der Waals surface area contributed by atoms with Gasteiger partial charge in [-0.25, -0.2) is 4.39 Å². The van der Waals surface area contributed by atoms with Crippen molar-refractivity contribution in [3.63, 3.8) is 0 Å². The highest BCUT2D eigenvalue weighted by atomic mass is 79.9. The molecule has 0 spiro atoms. The topological polar surface area (TPSA) is 17.1 Å². The second-order valence-corrected chi connectivity index (χ2v) is 5.24. The molecule has 0 aliphatic rings. The minimum Gasteiger partial charge on any atom is -0.289 e. The van der Waals surface area contributed by atoms with Crippen molar-refractivity contribution in [2.75, 3.05) is 0 Å². The molecule has 0 atom stereocenters.